The number of piperidine rings is 3. The number of carbonyl (C=O) groups excluding carboxylic acids is 1. The van der Waals surface area contributed by atoms with Gasteiger partial charge in [0.1, 0.15) is 6.54 Å². The normalized spacial score (nSPS) is 29.3. The van der Waals surface area contributed by atoms with E-state index in [2.05, 4.69) is 40.2 Å². The van der Waals surface area contributed by atoms with Crippen LogP contribution in [0.15, 0.2) is 53.6 Å². The summed E-state index contributed by atoms with van der Waals surface area (Å²) in [4.78, 5) is 33.3. The number of rotatable bonds is 3. The number of likely N-dealkylation sites (tertiary alicyclic amines) is 1. The molecule has 1 aromatic carbocycles. The maximum absolute atomic E-state index is 12.9. The van der Waals surface area contributed by atoms with E-state index in [1.165, 1.54) is 42.0 Å². The van der Waals surface area contributed by atoms with Crippen LogP contribution in [0.4, 0.5) is 0 Å². The predicted molar refractivity (Wildman–Crippen MR) is 110 cm³/mol. The van der Waals surface area contributed by atoms with Gasteiger partial charge in [-0.05, 0) is 49.1 Å². The molecule has 3 fully saturated rings. The van der Waals surface area contributed by atoms with Crippen LogP contribution in [-0.2, 0) is 11.3 Å². The molecule has 0 N–H and O–H groups in total. The topological polar surface area (TPSA) is 58.4 Å². The summed E-state index contributed by atoms with van der Waals surface area (Å²) in [5.74, 6) is 1.09. The maximum atomic E-state index is 12.9. The standard InChI is InChI=1S/C23H28N4O2/c28-22(16-25-11-5-10-24-23(25)29)26-13-17-12-19(15-26)21-9-4-8-20(27(21)14-17)18-6-2-1-3-7-18/h1-3,5-7,10-11,17,19-21H,4,8-9,12-16H2/t17-,19+,20+,21-/m0/s1. The van der Waals surface area contributed by atoms with Gasteiger partial charge in [-0.2, -0.15) is 0 Å². The predicted octanol–water partition coefficient (Wildman–Crippen LogP) is 2.32. The molecule has 0 unspecified atom stereocenters. The fraction of sp³-hybridized carbons (Fsp3) is 0.522. The Balaban J connectivity index is 1.31. The highest BCUT2D eigenvalue weighted by Gasteiger charge is 2.45. The number of aromatic nitrogens is 2. The SMILES string of the molecule is O=C(Cn1cccnc1=O)N1C[C@@H]2C[C@H](C1)[C@@H]1CCC[C@H](c3ccccc3)N1C2. The second kappa shape index (κ2) is 7.75. The average Bonchev–Trinajstić information content (AvgIpc) is 2.75. The van der Waals surface area contributed by atoms with E-state index in [1.807, 2.05) is 4.90 Å². The zero-order chi connectivity index (χ0) is 19.8. The minimum Gasteiger partial charge on any atom is -0.340 e. The Kier molecular flexibility index (Phi) is 4.96. The van der Waals surface area contributed by atoms with Gasteiger partial charge in [0.2, 0.25) is 5.91 Å². The van der Waals surface area contributed by atoms with Gasteiger partial charge < -0.3 is 4.90 Å². The Morgan fingerprint density at radius 1 is 1.07 bits per heavy atom. The second-order valence-corrected chi connectivity index (χ2v) is 8.81. The molecule has 3 aliphatic heterocycles. The van der Waals surface area contributed by atoms with Gasteiger partial charge in [0.25, 0.3) is 0 Å². The van der Waals surface area contributed by atoms with Crippen molar-refractivity contribution in [2.75, 3.05) is 19.6 Å². The summed E-state index contributed by atoms with van der Waals surface area (Å²) in [6.07, 6.45) is 8.04. The molecule has 0 spiro atoms. The van der Waals surface area contributed by atoms with E-state index in [9.17, 15) is 9.59 Å². The number of benzene rings is 1. The summed E-state index contributed by atoms with van der Waals surface area (Å²) < 4.78 is 1.41. The van der Waals surface area contributed by atoms with Crippen LogP contribution in [-0.4, -0.2) is 50.9 Å². The number of amides is 1. The number of hydrogen-bond donors (Lipinski definition) is 0. The number of carbonyl (C=O) groups is 1. The van der Waals surface area contributed by atoms with Gasteiger partial charge in [0.05, 0.1) is 0 Å². The summed E-state index contributed by atoms with van der Waals surface area (Å²) in [5, 5.41) is 0. The van der Waals surface area contributed by atoms with Gasteiger partial charge in [-0.1, -0.05) is 30.3 Å². The highest BCUT2D eigenvalue weighted by molar-refractivity contribution is 5.76. The fourth-order valence-corrected chi connectivity index (χ4v) is 5.80. The molecule has 2 bridgehead atoms. The Morgan fingerprint density at radius 3 is 2.76 bits per heavy atom. The van der Waals surface area contributed by atoms with Crippen molar-refractivity contribution in [2.24, 2.45) is 11.8 Å². The molecule has 29 heavy (non-hydrogen) atoms. The molecule has 0 saturated carbocycles. The molecule has 6 nitrogen and oxygen atoms in total. The van der Waals surface area contributed by atoms with Crippen molar-refractivity contribution in [3.05, 3.63) is 64.8 Å². The molecular weight excluding hydrogens is 364 g/mol. The van der Waals surface area contributed by atoms with Crippen LogP contribution >= 0.6 is 0 Å². The molecule has 1 aromatic heterocycles. The molecule has 6 heteroatoms. The van der Waals surface area contributed by atoms with Gasteiger partial charge in [-0.3, -0.25) is 14.3 Å². The maximum Gasteiger partial charge on any atom is 0.347 e. The number of nitrogens with zero attached hydrogens (tertiary/aromatic N) is 4. The minimum atomic E-state index is -0.359. The van der Waals surface area contributed by atoms with E-state index >= 15 is 0 Å². The van der Waals surface area contributed by atoms with Crippen molar-refractivity contribution in [1.82, 2.24) is 19.4 Å². The third kappa shape index (κ3) is 3.62. The largest absolute Gasteiger partial charge is 0.347 e. The smallest absolute Gasteiger partial charge is 0.340 e. The zero-order valence-corrected chi connectivity index (χ0v) is 16.7. The fourth-order valence-electron chi connectivity index (χ4n) is 5.80. The third-order valence-electron chi connectivity index (χ3n) is 7.01. The molecule has 2 aromatic rings. The van der Waals surface area contributed by atoms with Gasteiger partial charge in [-0.15, -0.1) is 0 Å². The summed E-state index contributed by atoms with van der Waals surface area (Å²) in [6.45, 7) is 2.77. The first-order valence-corrected chi connectivity index (χ1v) is 10.8. The van der Waals surface area contributed by atoms with Crippen molar-refractivity contribution in [1.29, 1.82) is 0 Å². The highest BCUT2D eigenvalue weighted by Crippen LogP contribution is 2.44. The molecule has 4 heterocycles. The minimum absolute atomic E-state index is 0.0404. The highest BCUT2D eigenvalue weighted by atomic mass is 16.2. The lowest BCUT2D eigenvalue weighted by Crippen LogP contribution is -2.60. The van der Waals surface area contributed by atoms with Crippen LogP contribution in [0.25, 0.3) is 0 Å². The number of fused-ring (bicyclic) bond motifs is 4. The van der Waals surface area contributed by atoms with Gasteiger partial charge in [0, 0.05) is 44.1 Å². The first kappa shape index (κ1) is 18.6. The van der Waals surface area contributed by atoms with Gasteiger partial charge in [-0.25, -0.2) is 9.78 Å². The Hall–Kier alpha value is -2.47. The number of hydrogen-bond acceptors (Lipinski definition) is 4. The van der Waals surface area contributed by atoms with E-state index in [1.54, 1.807) is 12.3 Å². The van der Waals surface area contributed by atoms with Crippen LogP contribution in [0.2, 0.25) is 0 Å². The molecular formula is C23H28N4O2. The first-order valence-electron chi connectivity index (χ1n) is 10.8. The quantitative estimate of drug-likeness (QED) is 0.804. The lowest BCUT2D eigenvalue weighted by Gasteiger charge is -2.55. The lowest BCUT2D eigenvalue weighted by molar-refractivity contribution is -0.139. The van der Waals surface area contributed by atoms with Crippen molar-refractivity contribution < 1.29 is 4.79 Å². The van der Waals surface area contributed by atoms with Crippen LogP contribution in [0.1, 0.15) is 37.3 Å². The van der Waals surface area contributed by atoms with Gasteiger partial charge >= 0.3 is 5.69 Å². The van der Waals surface area contributed by atoms with Crippen LogP contribution in [0.3, 0.4) is 0 Å². The molecule has 3 saturated heterocycles. The molecule has 1 amide bonds. The molecule has 0 aliphatic carbocycles. The first-order chi connectivity index (χ1) is 14.2. The summed E-state index contributed by atoms with van der Waals surface area (Å²) in [7, 11) is 0. The molecule has 5 rings (SSSR count). The van der Waals surface area contributed by atoms with Crippen molar-refractivity contribution in [2.45, 2.75) is 44.3 Å². The summed E-state index contributed by atoms with van der Waals surface area (Å²) in [5.41, 5.74) is 1.07. The van der Waals surface area contributed by atoms with E-state index in [0.29, 0.717) is 23.9 Å². The van der Waals surface area contributed by atoms with E-state index in [4.69, 9.17) is 0 Å². The average molecular weight is 393 g/mol. The molecule has 3 aliphatic rings. The van der Waals surface area contributed by atoms with Crippen LogP contribution < -0.4 is 5.69 Å². The van der Waals surface area contributed by atoms with Crippen LogP contribution in [0.5, 0.6) is 0 Å². The Labute approximate surface area is 171 Å². The lowest BCUT2D eigenvalue weighted by atomic mass is 9.74. The van der Waals surface area contributed by atoms with Crippen LogP contribution in [0, 0.1) is 11.8 Å². The Morgan fingerprint density at radius 2 is 1.93 bits per heavy atom. The summed E-state index contributed by atoms with van der Waals surface area (Å²) in [6, 6.07) is 13.7. The van der Waals surface area contributed by atoms with Gasteiger partial charge in [0.15, 0.2) is 0 Å². The molecule has 152 valence electrons. The summed E-state index contributed by atoms with van der Waals surface area (Å²) >= 11 is 0. The second-order valence-electron chi connectivity index (χ2n) is 8.81. The monoisotopic (exact) mass is 392 g/mol. The van der Waals surface area contributed by atoms with E-state index in [0.717, 1.165) is 19.6 Å². The molecule has 4 atom stereocenters. The van der Waals surface area contributed by atoms with Crippen molar-refractivity contribution >= 4 is 5.91 Å². The molecule has 0 radical (unpaired) electrons. The van der Waals surface area contributed by atoms with E-state index < -0.39 is 0 Å². The third-order valence-corrected chi connectivity index (χ3v) is 7.01. The van der Waals surface area contributed by atoms with Crippen molar-refractivity contribution in [3.8, 4) is 0 Å². The zero-order valence-electron chi connectivity index (χ0n) is 16.7. The van der Waals surface area contributed by atoms with Crippen molar-refractivity contribution in [3.63, 3.8) is 0 Å². The Bertz CT molecular complexity index is 928. The van der Waals surface area contributed by atoms with E-state index in [-0.39, 0.29) is 18.1 Å².